The Kier molecular flexibility index (Phi) is 25.2. The van der Waals surface area contributed by atoms with Crippen LogP contribution >= 0.6 is 0 Å². The van der Waals surface area contributed by atoms with Crippen LogP contribution in [0.15, 0.2) is 0 Å². The molecule has 0 saturated heterocycles. The standard InChI is InChI=1S/C15H31NO5.C2H6/c1-3-5-7-18-9-11-20-13-14-21-12-10-19-8-6-16-15(17)4-2;1-2/h3-14H2,1-2H3,(H,16,17);1-2H3. The summed E-state index contributed by atoms with van der Waals surface area (Å²) in [5, 5.41) is 2.74. The number of ether oxygens (including phenoxy) is 4. The lowest BCUT2D eigenvalue weighted by Gasteiger charge is -2.07. The molecule has 0 aliphatic heterocycles. The lowest BCUT2D eigenvalue weighted by Crippen LogP contribution is -2.26. The van der Waals surface area contributed by atoms with Crippen molar-refractivity contribution in [3.63, 3.8) is 0 Å². The van der Waals surface area contributed by atoms with Gasteiger partial charge in [0.2, 0.25) is 5.91 Å². The Balaban J connectivity index is 0. The quantitative estimate of drug-likeness (QED) is 0.439. The molecule has 1 N–H and O–H groups in total. The maximum absolute atomic E-state index is 10.9. The highest BCUT2D eigenvalue weighted by Crippen LogP contribution is 1.88. The molecule has 1 amide bonds. The number of carbonyl (C=O) groups is 1. The molecule has 0 fully saturated rings. The van der Waals surface area contributed by atoms with Gasteiger partial charge in [-0.2, -0.15) is 0 Å². The van der Waals surface area contributed by atoms with Crippen molar-refractivity contribution in [1.29, 1.82) is 0 Å². The lowest BCUT2D eigenvalue weighted by atomic mass is 10.4. The summed E-state index contributed by atoms with van der Waals surface area (Å²) in [5.41, 5.74) is 0. The molecule has 0 aliphatic carbocycles. The fraction of sp³-hybridized carbons (Fsp3) is 0.941. The summed E-state index contributed by atoms with van der Waals surface area (Å²) in [7, 11) is 0. The summed E-state index contributed by atoms with van der Waals surface area (Å²) in [6.07, 6.45) is 2.76. The predicted octanol–water partition coefficient (Wildman–Crippen LogP) is 2.41. The molecule has 0 aliphatic rings. The van der Waals surface area contributed by atoms with Gasteiger partial charge >= 0.3 is 0 Å². The molecule has 0 bridgehead atoms. The summed E-state index contributed by atoms with van der Waals surface area (Å²) < 4.78 is 21.4. The van der Waals surface area contributed by atoms with Crippen LogP contribution in [0.1, 0.15) is 47.0 Å². The summed E-state index contributed by atoms with van der Waals surface area (Å²) in [5.74, 6) is 0.0469. The van der Waals surface area contributed by atoms with Gasteiger partial charge in [-0.25, -0.2) is 0 Å². The second-order valence-electron chi connectivity index (χ2n) is 4.51. The number of rotatable bonds is 16. The van der Waals surface area contributed by atoms with Crippen LogP contribution in [-0.2, 0) is 23.7 Å². The molecule has 0 unspecified atom stereocenters. The van der Waals surface area contributed by atoms with Crippen molar-refractivity contribution in [2.45, 2.75) is 47.0 Å². The molecule has 0 atom stereocenters. The molecule has 6 heteroatoms. The number of nitrogens with one attached hydrogen (secondary N) is 1. The predicted molar refractivity (Wildman–Crippen MR) is 92.8 cm³/mol. The average Bonchev–Trinajstić information content (AvgIpc) is 2.59. The van der Waals surface area contributed by atoms with E-state index in [2.05, 4.69) is 12.2 Å². The Bertz CT molecular complexity index is 227. The zero-order chi connectivity index (χ0) is 17.6. The van der Waals surface area contributed by atoms with Crippen LogP contribution in [0, 0.1) is 0 Å². The SMILES string of the molecule is CC.CCCCOCCOCCOCCOCCNC(=O)CC. The summed E-state index contributed by atoms with van der Waals surface area (Å²) in [6, 6.07) is 0. The zero-order valence-corrected chi connectivity index (χ0v) is 15.5. The first kappa shape index (κ1) is 24.6. The van der Waals surface area contributed by atoms with E-state index in [-0.39, 0.29) is 5.91 Å². The van der Waals surface area contributed by atoms with Gasteiger partial charge in [0.05, 0.1) is 46.2 Å². The largest absolute Gasteiger partial charge is 0.379 e. The van der Waals surface area contributed by atoms with Crippen LogP contribution in [0.3, 0.4) is 0 Å². The Labute approximate surface area is 142 Å². The van der Waals surface area contributed by atoms with E-state index < -0.39 is 0 Å². The molecule has 0 spiro atoms. The first-order valence-electron chi connectivity index (χ1n) is 8.88. The van der Waals surface area contributed by atoms with E-state index in [1.165, 1.54) is 0 Å². The van der Waals surface area contributed by atoms with Crippen molar-refractivity contribution in [3.8, 4) is 0 Å². The van der Waals surface area contributed by atoms with Crippen molar-refractivity contribution in [1.82, 2.24) is 5.32 Å². The number of carbonyl (C=O) groups excluding carboxylic acids is 1. The molecular formula is C17H37NO5. The third-order valence-corrected chi connectivity index (χ3v) is 2.65. The smallest absolute Gasteiger partial charge is 0.219 e. The number of unbranched alkanes of at least 4 members (excludes halogenated alkanes) is 1. The fourth-order valence-electron chi connectivity index (χ4n) is 1.40. The van der Waals surface area contributed by atoms with Gasteiger partial charge in [-0.1, -0.05) is 34.1 Å². The molecule has 0 radical (unpaired) electrons. The molecule has 0 aromatic heterocycles. The minimum absolute atomic E-state index is 0.0469. The molecule has 0 aromatic rings. The summed E-state index contributed by atoms with van der Waals surface area (Å²) in [6.45, 7) is 13.3. The van der Waals surface area contributed by atoms with E-state index in [9.17, 15) is 4.79 Å². The van der Waals surface area contributed by atoms with E-state index in [0.29, 0.717) is 59.2 Å². The van der Waals surface area contributed by atoms with E-state index in [1.54, 1.807) is 0 Å². The topological polar surface area (TPSA) is 66.0 Å². The highest BCUT2D eigenvalue weighted by Gasteiger charge is 1.95. The summed E-state index contributed by atoms with van der Waals surface area (Å²) in [4.78, 5) is 10.9. The Morgan fingerprint density at radius 1 is 0.739 bits per heavy atom. The third-order valence-electron chi connectivity index (χ3n) is 2.65. The van der Waals surface area contributed by atoms with E-state index >= 15 is 0 Å². The monoisotopic (exact) mass is 335 g/mol. The molecule has 0 rings (SSSR count). The summed E-state index contributed by atoms with van der Waals surface area (Å²) >= 11 is 0. The van der Waals surface area contributed by atoms with Crippen LogP contribution in [0.2, 0.25) is 0 Å². The van der Waals surface area contributed by atoms with Crippen LogP contribution in [0.4, 0.5) is 0 Å². The van der Waals surface area contributed by atoms with Gasteiger partial charge in [0.25, 0.3) is 0 Å². The Morgan fingerprint density at radius 3 is 1.61 bits per heavy atom. The maximum Gasteiger partial charge on any atom is 0.219 e. The lowest BCUT2D eigenvalue weighted by molar-refractivity contribution is -0.121. The Hall–Kier alpha value is -0.690. The van der Waals surface area contributed by atoms with Crippen LogP contribution < -0.4 is 5.32 Å². The van der Waals surface area contributed by atoms with Crippen LogP contribution in [-0.4, -0.2) is 65.3 Å². The van der Waals surface area contributed by atoms with Gasteiger partial charge < -0.3 is 24.3 Å². The van der Waals surface area contributed by atoms with Crippen molar-refractivity contribution >= 4 is 5.91 Å². The van der Waals surface area contributed by atoms with E-state index in [4.69, 9.17) is 18.9 Å². The molecule has 23 heavy (non-hydrogen) atoms. The van der Waals surface area contributed by atoms with E-state index in [1.807, 2.05) is 20.8 Å². The molecule has 0 aromatic carbocycles. The van der Waals surface area contributed by atoms with Gasteiger partial charge in [-0.05, 0) is 6.42 Å². The maximum atomic E-state index is 10.9. The van der Waals surface area contributed by atoms with E-state index in [0.717, 1.165) is 19.4 Å². The molecule has 0 saturated carbocycles. The number of hydrogen-bond donors (Lipinski definition) is 1. The Morgan fingerprint density at radius 2 is 1.17 bits per heavy atom. The zero-order valence-electron chi connectivity index (χ0n) is 15.5. The minimum atomic E-state index is 0.0469. The van der Waals surface area contributed by atoms with Gasteiger partial charge in [0.15, 0.2) is 0 Å². The van der Waals surface area contributed by atoms with Gasteiger partial charge in [-0.15, -0.1) is 0 Å². The van der Waals surface area contributed by atoms with Crippen molar-refractivity contribution in [3.05, 3.63) is 0 Å². The van der Waals surface area contributed by atoms with Crippen LogP contribution in [0.25, 0.3) is 0 Å². The molecule has 0 heterocycles. The first-order chi connectivity index (χ1) is 11.3. The minimum Gasteiger partial charge on any atom is -0.379 e. The first-order valence-corrected chi connectivity index (χ1v) is 8.88. The normalized spacial score (nSPS) is 10.1. The average molecular weight is 335 g/mol. The van der Waals surface area contributed by atoms with Gasteiger partial charge in [-0.3, -0.25) is 4.79 Å². The molecule has 140 valence electrons. The highest BCUT2D eigenvalue weighted by molar-refractivity contribution is 5.75. The second-order valence-corrected chi connectivity index (χ2v) is 4.51. The van der Waals surface area contributed by atoms with Crippen LogP contribution in [0.5, 0.6) is 0 Å². The molecular weight excluding hydrogens is 298 g/mol. The van der Waals surface area contributed by atoms with Crippen molar-refractivity contribution in [2.75, 3.05) is 59.4 Å². The third kappa shape index (κ3) is 23.7. The molecule has 6 nitrogen and oxygen atoms in total. The van der Waals surface area contributed by atoms with Gasteiger partial charge in [0, 0.05) is 19.6 Å². The fourth-order valence-corrected chi connectivity index (χ4v) is 1.40. The highest BCUT2D eigenvalue weighted by atomic mass is 16.6. The van der Waals surface area contributed by atoms with Crippen molar-refractivity contribution in [2.24, 2.45) is 0 Å². The van der Waals surface area contributed by atoms with Crippen molar-refractivity contribution < 1.29 is 23.7 Å². The number of hydrogen-bond acceptors (Lipinski definition) is 5. The van der Waals surface area contributed by atoms with Gasteiger partial charge in [0.1, 0.15) is 0 Å². The second kappa shape index (κ2) is 23.6. The number of amides is 1.